The highest BCUT2D eigenvalue weighted by molar-refractivity contribution is 7.80. The van der Waals surface area contributed by atoms with Gasteiger partial charge >= 0.3 is 0 Å². The first-order valence-electron chi connectivity index (χ1n) is 8.26. The largest absolute Gasteiger partial charge is 0.384 e. The summed E-state index contributed by atoms with van der Waals surface area (Å²) in [5.74, 6) is 0.110. The normalized spacial score (nSPS) is 10.3. The molecule has 2 heterocycles. The molecule has 1 amide bonds. The third kappa shape index (κ3) is 5.49. The van der Waals surface area contributed by atoms with Crippen LogP contribution >= 0.6 is 12.2 Å². The van der Waals surface area contributed by atoms with Crippen molar-refractivity contribution in [3.8, 4) is 0 Å². The van der Waals surface area contributed by atoms with E-state index in [1.54, 1.807) is 25.4 Å². The van der Waals surface area contributed by atoms with E-state index >= 15 is 0 Å². The van der Waals surface area contributed by atoms with Crippen molar-refractivity contribution < 1.29 is 4.79 Å². The lowest BCUT2D eigenvalue weighted by Gasteiger charge is -2.19. The van der Waals surface area contributed by atoms with Crippen LogP contribution in [0.15, 0.2) is 36.7 Å². The third-order valence-corrected chi connectivity index (χ3v) is 4.13. The molecule has 0 radical (unpaired) electrons. The van der Waals surface area contributed by atoms with Crippen LogP contribution in [0.4, 0.5) is 11.5 Å². The van der Waals surface area contributed by atoms with Crippen LogP contribution in [0, 0.1) is 0 Å². The first-order chi connectivity index (χ1) is 12.0. The van der Waals surface area contributed by atoms with Gasteiger partial charge in [-0.1, -0.05) is 19.8 Å². The highest BCUT2D eigenvalue weighted by Gasteiger charge is 2.16. The lowest BCUT2D eigenvalue weighted by atomic mass is 10.1. The summed E-state index contributed by atoms with van der Waals surface area (Å²) in [6, 6.07) is 7.10. The van der Waals surface area contributed by atoms with Crippen molar-refractivity contribution in [3.05, 3.63) is 47.9 Å². The number of carbonyl (C=O) groups is 1. The van der Waals surface area contributed by atoms with Crippen LogP contribution in [-0.4, -0.2) is 32.9 Å². The lowest BCUT2D eigenvalue weighted by molar-refractivity contribution is 0.0872. The van der Waals surface area contributed by atoms with Gasteiger partial charge < -0.3 is 11.1 Å². The topological polar surface area (TPSA) is 84.1 Å². The molecule has 2 aromatic heterocycles. The Balaban J connectivity index is 1.94. The number of nitrogen functional groups attached to an aromatic ring is 1. The average Bonchev–Trinajstić information content (AvgIpc) is 2.62. The maximum absolute atomic E-state index is 12.4. The molecule has 25 heavy (non-hydrogen) atoms. The molecule has 6 nitrogen and oxygen atoms in total. The maximum atomic E-state index is 12.4. The number of thiocarbonyl (C=S) groups is 1. The van der Waals surface area contributed by atoms with Gasteiger partial charge in [0.15, 0.2) is 5.11 Å². The number of carbonyl (C=O) groups excluding carboxylic acids is 1. The van der Waals surface area contributed by atoms with E-state index in [4.69, 9.17) is 18.0 Å². The number of nitrogens with one attached hydrogen (secondary N) is 1. The summed E-state index contributed by atoms with van der Waals surface area (Å²) in [6.07, 6.45) is 7.68. The quantitative estimate of drug-likeness (QED) is 0.610. The zero-order valence-corrected chi connectivity index (χ0v) is 15.3. The van der Waals surface area contributed by atoms with Crippen LogP contribution in [0.3, 0.4) is 0 Å². The third-order valence-electron chi connectivity index (χ3n) is 3.76. The Labute approximate surface area is 153 Å². The van der Waals surface area contributed by atoms with E-state index in [1.807, 2.05) is 12.1 Å². The van der Waals surface area contributed by atoms with Crippen molar-refractivity contribution in [2.75, 3.05) is 18.1 Å². The minimum absolute atomic E-state index is 0.255. The van der Waals surface area contributed by atoms with Gasteiger partial charge in [-0.15, -0.1) is 0 Å². The Kier molecular flexibility index (Phi) is 6.82. The fourth-order valence-corrected chi connectivity index (χ4v) is 2.43. The van der Waals surface area contributed by atoms with Gasteiger partial charge in [0, 0.05) is 18.9 Å². The average molecular weight is 357 g/mol. The number of aryl methyl sites for hydroxylation is 1. The van der Waals surface area contributed by atoms with Crippen LogP contribution in [0.2, 0.25) is 0 Å². The molecule has 132 valence electrons. The number of pyridine rings is 2. The highest BCUT2D eigenvalue weighted by atomic mass is 32.1. The molecule has 0 aliphatic rings. The van der Waals surface area contributed by atoms with E-state index in [-0.39, 0.29) is 5.91 Å². The number of nitrogens with two attached hydrogens (primary N) is 1. The molecule has 0 unspecified atom stereocenters. The van der Waals surface area contributed by atoms with Gasteiger partial charge in [0.05, 0.1) is 17.4 Å². The number of rotatable bonds is 6. The highest BCUT2D eigenvalue weighted by Crippen LogP contribution is 2.11. The molecule has 0 aromatic carbocycles. The van der Waals surface area contributed by atoms with Crippen molar-refractivity contribution in [1.29, 1.82) is 0 Å². The number of unbranched alkanes of at least 4 members (excludes halogenated alkanes) is 2. The molecule has 7 heteroatoms. The molecule has 3 N–H and O–H groups in total. The van der Waals surface area contributed by atoms with Crippen LogP contribution < -0.4 is 11.1 Å². The number of aromatic nitrogens is 2. The monoisotopic (exact) mass is 357 g/mol. The summed E-state index contributed by atoms with van der Waals surface area (Å²) < 4.78 is 0. The van der Waals surface area contributed by atoms with E-state index in [0.717, 1.165) is 24.2 Å². The molecule has 0 aliphatic heterocycles. The number of nitrogens with zero attached hydrogens (tertiary/aromatic N) is 3. The molecule has 0 saturated carbocycles. The standard InChI is InChI=1S/C18H23N5OS/c1-3-4-5-6-14-8-9-15(12-20-14)22-18(25)23(2)17(24)13-7-10-16(19)21-11-13/h7-12H,3-6H2,1-2H3,(H2,19,21)(H,22,25). The minimum Gasteiger partial charge on any atom is -0.384 e. The van der Waals surface area contributed by atoms with Crippen molar-refractivity contribution in [2.45, 2.75) is 32.6 Å². The molecule has 0 spiro atoms. The van der Waals surface area contributed by atoms with Crippen LogP contribution in [-0.2, 0) is 6.42 Å². The Hall–Kier alpha value is -2.54. The number of hydrogen-bond acceptors (Lipinski definition) is 5. The van der Waals surface area contributed by atoms with Gasteiger partial charge in [0.1, 0.15) is 5.82 Å². The van der Waals surface area contributed by atoms with Gasteiger partial charge in [0.25, 0.3) is 5.91 Å². The fraction of sp³-hybridized carbons (Fsp3) is 0.333. The van der Waals surface area contributed by atoms with Crippen molar-refractivity contribution in [2.24, 2.45) is 0 Å². The van der Waals surface area contributed by atoms with Gasteiger partial charge in [-0.2, -0.15) is 0 Å². The zero-order chi connectivity index (χ0) is 18.2. The number of amides is 1. The number of hydrogen-bond donors (Lipinski definition) is 2. The van der Waals surface area contributed by atoms with E-state index in [9.17, 15) is 4.79 Å². The first kappa shape index (κ1) is 18.8. The summed E-state index contributed by atoms with van der Waals surface area (Å²) >= 11 is 5.30. The second kappa shape index (κ2) is 9.08. The molecule has 2 rings (SSSR count). The second-order valence-electron chi connectivity index (χ2n) is 5.76. The zero-order valence-electron chi connectivity index (χ0n) is 14.5. The van der Waals surface area contributed by atoms with Gasteiger partial charge in [-0.25, -0.2) is 4.98 Å². The van der Waals surface area contributed by atoms with E-state index in [2.05, 4.69) is 22.2 Å². The summed E-state index contributed by atoms with van der Waals surface area (Å²) in [5.41, 5.74) is 7.76. The van der Waals surface area contributed by atoms with E-state index in [0.29, 0.717) is 16.5 Å². The predicted octanol–water partition coefficient (Wildman–Crippen LogP) is 3.26. The predicted molar refractivity (Wildman–Crippen MR) is 104 cm³/mol. The molecule has 0 atom stereocenters. The summed E-state index contributed by atoms with van der Waals surface area (Å²) in [5, 5.41) is 3.32. The molecule has 0 aliphatic carbocycles. The SMILES string of the molecule is CCCCCc1ccc(NC(=S)N(C)C(=O)c2ccc(N)nc2)cn1. The maximum Gasteiger partial charge on any atom is 0.261 e. The molecule has 0 saturated heterocycles. The minimum atomic E-state index is -0.255. The molecular weight excluding hydrogens is 334 g/mol. The lowest BCUT2D eigenvalue weighted by Crippen LogP contribution is -2.36. The first-order valence-corrected chi connectivity index (χ1v) is 8.67. The smallest absolute Gasteiger partial charge is 0.261 e. The Morgan fingerprint density at radius 1 is 1.20 bits per heavy atom. The van der Waals surface area contributed by atoms with Crippen molar-refractivity contribution >= 4 is 34.7 Å². The second-order valence-corrected chi connectivity index (χ2v) is 6.15. The molecular formula is C18H23N5OS. The van der Waals surface area contributed by atoms with Crippen molar-refractivity contribution in [1.82, 2.24) is 14.9 Å². The van der Waals surface area contributed by atoms with Gasteiger partial charge in [-0.05, 0) is 49.3 Å². The van der Waals surface area contributed by atoms with Gasteiger partial charge in [-0.3, -0.25) is 14.7 Å². The van der Waals surface area contributed by atoms with Crippen LogP contribution in [0.25, 0.3) is 0 Å². The molecule has 0 fully saturated rings. The molecule has 2 aromatic rings. The summed E-state index contributed by atoms with van der Waals surface area (Å²) in [7, 11) is 1.61. The Bertz CT molecular complexity index is 715. The van der Waals surface area contributed by atoms with E-state index < -0.39 is 0 Å². The van der Waals surface area contributed by atoms with Gasteiger partial charge in [0.2, 0.25) is 0 Å². The van der Waals surface area contributed by atoms with Crippen LogP contribution in [0.5, 0.6) is 0 Å². The summed E-state index contributed by atoms with van der Waals surface area (Å²) in [6.45, 7) is 2.18. The number of anilines is 2. The van der Waals surface area contributed by atoms with E-state index in [1.165, 1.54) is 23.9 Å². The molecule has 0 bridgehead atoms. The van der Waals surface area contributed by atoms with Crippen LogP contribution in [0.1, 0.15) is 42.2 Å². The summed E-state index contributed by atoms with van der Waals surface area (Å²) in [4.78, 5) is 22.1. The Morgan fingerprint density at radius 3 is 2.60 bits per heavy atom. The fourth-order valence-electron chi connectivity index (χ4n) is 2.23. The van der Waals surface area contributed by atoms with Crippen molar-refractivity contribution in [3.63, 3.8) is 0 Å². The Morgan fingerprint density at radius 2 is 2.00 bits per heavy atom.